The van der Waals surface area contributed by atoms with Crippen molar-refractivity contribution in [2.45, 2.75) is 59.4 Å². The van der Waals surface area contributed by atoms with E-state index < -0.39 is 6.04 Å². The molecular weight excluding hydrogens is 408 g/mol. The van der Waals surface area contributed by atoms with Crippen LogP contribution in [0.15, 0.2) is 36.4 Å². The largest absolute Gasteiger partial charge is 0.341 e. The second kappa shape index (κ2) is 9.86. The lowest BCUT2D eigenvalue weighted by Gasteiger charge is -2.35. The van der Waals surface area contributed by atoms with Gasteiger partial charge in [0.2, 0.25) is 5.91 Å². The highest BCUT2D eigenvalue weighted by Gasteiger charge is 2.32. The molecule has 0 aliphatic carbocycles. The van der Waals surface area contributed by atoms with E-state index in [9.17, 15) is 9.59 Å². The average Bonchev–Trinajstić information content (AvgIpc) is 2.71. The highest BCUT2D eigenvalue weighted by Crippen LogP contribution is 2.29. The maximum absolute atomic E-state index is 13.3. The van der Waals surface area contributed by atoms with Crippen molar-refractivity contribution in [3.05, 3.63) is 69.2 Å². The zero-order chi connectivity index (χ0) is 22.7. The van der Waals surface area contributed by atoms with E-state index in [2.05, 4.69) is 17.4 Å². The van der Waals surface area contributed by atoms with Gasteiger partial charge in [-0.2, -0.15) is 0 Å². The molecule has 1 atom stereocenters. The van der Waals surface area contributed by atoms with E-state index in [1.165, 1.54) is 5.56 Å². The minimum atomic E-state index is -0.528. The Bertz CT molecular complexity index is 921. The Labute approximate surface area is 191 Å². The summed E-state index contributed by atoms with van der Waals surface area (Å²) in [5.41, 5.74) is 4.95. The maximum atomic E-state index is 13.3. The van der Waals surface area contributed by atoms with Gasteiger partial charge in [0.05, 0.1) is 0 Å². The molecule has 2 aromatic carbocycles. The Balaban J connectivity index is 1.67. The molecule has 5 heteroatoms. The summed E-state index contributed by atoms with van der Waals surface area (Å²) in [6.07, 6.45) is 1.84. The summed E-state index contributed by atoms with van der Waals surface area (Å²) >= 11 is 6.01. The second-order valence-electron chi connectivity index (χ2n) is 9.12. The summed E-state index contributed by atoms with van der Waals surface area (Å²) in [6.45, 7) is 11.3. The van der Waals surface area contributed by atoms with Gasteiger partial charge in [-0.15, -0.1) is 0 Å². The Morgan fingerprint density at radius 2 is 1.55 bits per heavy atom. The van der Waals surface area contributed by atoms with Crippen LogP contribution in [0.2, 0.25) is 5.02 Å². The molecule has 0 aromatic heterocycles. The SMILES string of the molecule is Cc1cc(C)c(C(=O)N[C@@H](C(=O)N2CCC(c3ccc(Cl)cc3)CC2)C(C)C)c(C)c1. The molecule has 1 fully saturated rings. The van der Waals surface area contributed by atoms with Gasteiger partial charge in [-0.05, 0) is 74.3 Å². The van der Waals surface area contributed by atoms with Crippen LogP contribution in [-0.4, -0.2) is 35.8 Å². The van der Waals surface area contributed by atoms with Crippen molar-refractivity contribution in [3.63, 3.8) is 0 Å². The van der Waals surface area contributed by atoms with Crippen molar-refractivity contribution in [1.29, 1.82) is 0 Å². The van der Waals surface area contributed by atoms with Crippen LogP contribution in [0, 0.1) is 26.7 Å². The zero-order valence-corrected chi connectivity index (χ0v) is 19.9. The van der Waals surface area contributed by atoms with Crippen LogP contribution >= 0.6 is 11.6 Å². The number of carbonyl (C=O) groups is 2. The molecule has 2 amide bonds. The topological polar surface area (TPSA) is 49.4 Å². The molecule has 1 aliphatic rings. The van der Waals surface area contributed by atoms with Crippen LogP contribution in [-0.2, 0) is 4.79 Å². The molecule has 1 N–H and O–H groups in total. The number of likely N-dealkylation sites (tertiary alicyclic amines) is 1. The fourth-order valence-electron chi connectivity index (χ4n) is 4.63. The number of hydrogen-bond acceptors (Lipinski definition) is 2. The van der Waals surface area contributed by atoms with Gasteiger partial charge in [-0.25, -0.2) is 0 Å². The number of nitrogens with one attached hydrogen (secondary N) is 1. The van der Waals surface area contributed by atoms with E-state index in [4.69, 9.17) is 11.6 Å². The minimum Gasteiger partial charge on any atom is -0.341 e. The van der Waals surface area contributed by atoms with Crippen molar-refractivity contribution in [2.75, 3.05) is 13.1 Å². The van der Waals surface area contributed by atoms with Crippen molar-refractivity contribution < 1.29 is 9.59 Å². The number of carbonyl (C=O) groups excluding carboxylic acids is 2. The van der Waals surface area contributed by atoms with E-state index >= 15 is 0 Å². The Morgan fingerprint density at radius 3 is 2.06 bits per heavy atom. The quantitative estimate of drug-likeness (QED) is 0.674. The molecule has 31 heavy (non-hydrogen) atoms. The first kappa shape index (κ1) is 23.3. The van der Waals surface area contributed by atoms with Crippen molar-refractivity contribution in [1.82, 2.24) is 10.2 Å². The standard InChI is InChI=1S/C26H33ClN2O2/c1-16(2)24(28-25(30)23-18(4)14-17(3)15-19(23)5)26(31)29-12-10-21(11-13-29)20-6-8-22(27)9-7-20/h6-9,14-16,21,24H,10-13H2,1-5H3,(H,28,30)/t24-/m1/s1. The summed E-state index contributed by atoms with van der Waals surface area (Å²) in [5, 5.41) is 3.78. The lowest BCUT2D eigenvalue weighted by Crippen LogP contribution is -2.53. The van der Waals surface area contributed by atoms with Crippen LogP contribution in [0.1, 0.15) is 65.2 Å². The Hall–Kier alpha value is -2.33. The molecule has 1 heterocycles. The first-order valence-corrected chi connectivity index (χ1v) is 11.5. The summed E-state index contributed by atoms with van der Waals surface area (Å²) in [7, 11) is 0. The summed E-state index contributed by atoms with van der Waals surface area (Å²) in [6, 6.07) is 11.5. The lowest BCUT2D eigenvalue weighted by atomic mass is 9.89. The van der Waals surface area contributed by atoms with E-state index in [0.717, 1.165) is 34.6 Å². The fourth-order valence-corrected chi connectivity index (χ4v) is 4.76. The third-order valence-electron chi connectivity index (χ3n) is 6.27. The first-order valence-electron chi connectivity index (χ1n) is 11.1. The van der Waals surface area contributed by atoms with Crippen LogP contribution in [0.3, 0.4) is 0 Å². The highest BCUT2D eigenvalue weighted by molar-refractivity contribution is 6.30. The van der Waals surface area contributed by atoms with Gasteiger partial charge in [-0.3, -0.25) is 9.59 Å². The van der Waals surface area contributed by atoms with Gasteiger partial charge in [0.1, 0.15) is 6.04 Å². The third kappa shape index (κ3) is 5.48. The number of benzene rings is 2. The van der Waals surface area contributed by atoms with E-state index in [0.29, 0.717) is 24.6 Å². The minimum absolute atomic E-state index is 0.0106. The molecule has 0 radical (unpaired) electrons. The fraction of sp³-hybridized carbons (Fsp3) is 0.462. The first-order chi connectivity index (χ1) is 14.7. The second-order valence-corrected chi connectivity index (χ2v) is 9.56. The maximum Gasteiger partial charge on any atom is 0.252 e. The van der Waals surface area contributed by atoms with Gasteiger partial charge >= 0.3 is 0 Å². The zero-order valence-electron chi connectivity index (χ0n) is 19.2. The predicted octanol–water partition coefficient (Wildman–Crippen LogP) is 5.43. The van der Waals surface area contributed by atoms with Crippen LogP contribution in [0.25, 0.3) is 0 Å². The average molecular weight is 441 g/mol. The van der Waals surface area contributed by atoms with Crippen molar-refractivity contribution in [2.24, 2.45) is 5.92 Å². The van der Waals surface area contributed by atoms with Crippen LogP contribution in [0.4, 0.5) is 0 Å². The molecule has 2 aromatic rings. The summed E-state index contributed by atoms with van der Waals surface area (Å²) < 4.78 is 0. The lowest BCUT2D eigenvalue weighted by molar-refractivity contribution is -0.135. The van der Waals surface area contributed by atoms with E-state index in [-0.39, 0.29) is 17.7 Å². The van der Waals surface area contributed by atoms with Gasteiger partial charge in [-0.1, -0.05) is 55.3 Å². The Kier molecular flexibility index (Phi) is 7.42. The number of rotatable bonds is 5. The number of hydrogen-bond donors (Lipinski definition) is 1. The molecule has 0 saturated carbocycles. The molecule has 0 bridgehead atoms. The van der Waals surface area contributed by atoms with Crippen LogP contribution in [0.5, 0.6) is 0 Å². The summed E-state index contributed by atoms with van der Waals surface area (Å²) in [5.74, 6) is 0.293. The van der Waals surface area contributed by atoms with Crippen LogP contribution < -0.4 is 5.32 Å². The van der Waals surface area contributed by atoms with Crippen molar-refractivity contribution >= 4 is 23.4 Å². The smallest absolute Gasteiger partial charge is 0.252 e. The summed E-state index contributed by atoms with van der Waals surface area (Å²) in [4.78, 5) is 28.3. The number of nitrogens with zero attached hydrogens (tertiary/aromatic N) is 1. The normalized spacial score (nSPS) is 15.8. The third-order valence-corrected chi connectivity index (χ3v) is 6.52. The molecule has 1 saturated heterocycles. The molecule has 0 unspecified atom stereocenters. The van der Waals surface area contributed by atoms with Gasteiger partial charge in [0, 0.05) is 23.7 Å². The predicted molar refractivity (Wildman–Crippen MR) is 127 cm³/mol. The molecule has 0 spiro atoms. The van der Waals surface area contributed by atoms with Gasteiger partial charge in [0.15, 0.2) is 0 Å². The van der Waals surface area contributed by atoms with Crippen molar-refractivity contribution in [3.8, 4) is 0 Å². The monoisotopic (exact) mass is 440 g/mol. The molecule has 166 valence electrons. The van der Waals surface area contributed by atoms with E-state index in [1.807, 2.05) is 63.8 Å². The Morgan fingerprint density at radius 1 is 1.00 bits per heavy atom. The molecular formula is C26H33ClN2O2. The molecule has 4 nitrogen and oxygen atoms in total. The molecule has 1 aliphatic heterocycles. The number of halogens is 1. The number of piperidine rings is 1. The van der Waals surface area contributed by atoms with E-state index in [1.54, 1.807) is 0 Å². The van der Waals surface area contributed by atoms with Gasteiger partial charge < -0.3 is 10.2 Å². The number of amides is 2. The number of aryl methyl sites for hydroxylation is 3. The highest BCUT2D eigenvalue weighted by atomic mass is 35.5. The molecule has 3 rings (SSSR count). The van der Waals surface area contributed by atoms with Gasteiger partial charge in [0.25, 0.3) is 5.91 Å².